The van der Waals surface area contributed by atoms with E-state index in [0.29, 0.717) is 19.4 Å². The molecule has 0 saturated carbocycles. The van der Waals surface area contributed by atoms with Gasteiger partial charge < -0.3 is 5.32 Å². The Balaban J connectivity index is 1.97. The van der Waals surface area contributed by atoms with Gasteiger partial charge >= 0.3 is 0 Å². The van der Waals surface area contributed by atoms with Gasteiger partial charge in [-0.1, -0.05) is 6.92 Å². The molecule has 1 aromatic rings. The van der Waals surface area contributed by atoms with Gasteiger partial charge in [-0.15, -0.1) is 11.3 Å². The number of hydrogen-bond acceptors (Lipinski definition) is 6. The molecular weight excluding hydrogens is 452 g/mol. The minimum atomic E-state index is -3.61. The predicted octanol–water partition coefficient (Wildman–Crippen LogP) is 1.46. The van der Waals surface area contributed by atoms with Gasteiger partial charge in [-0.3, -0.25) is 4.79 Å². The fourth-order valence-electron chi connectivity index (χ4n) is 2.56. The van der Waals surface area contributed by atoms with E-state index in [-0.39, 0.29) is 34.7 Å². The Morgan fingerprint density at radius 1 is 1.36 bits per heavy atom. The maximum atomic E-state index is 12.7. The van der Waals surface area contributed by atoms with E-state index < -0.39 is 25.8 Å². The number of nitrogens with one attached hydrogen (secondary N) is 1. The normalized spacial score (nSPS) is 19.7. The molecule has 1 fully saturated rings. The van der Waals surface area contributed by atoms with E-state index in [9.17, 15) is 21.6 Å². The first-order valence-electron chi connectivity index (χ1n) is 7.89. The molecule has 1 aliphatic heterocycles. The number of rotatable bonds is 7. The van der Waals surface area contributed by atoms with Gasteiger partial charge in [0.25, 0.3) is 10.0 Å². The molecule has 1 aromatic heterocycles. The lowest BCUT2D eigenvalue weighted by Crippen LogP contribution is -2.45. The third kappa shape index (κ3) is 5.49. The molecule has 2 rings (SSSR count). The highest BCUT2D eigenvalue weighted by atomic mass is 79.9. The molecule has 2 heterocycles. The summed E-state index contributed by atoms with van der Waals surface area (Å²) in [5, 5.41) is 2.61. The summed E-state index contributed by atoms with van der Waals surface area (Å²) in [5.41, 5.74) is 0. The SMILES string of the molecule is CCS(=O)(=O)CCNC(=O)C1CCCN(S(=O)(=O)c2ccc(Br)s2)C1. The van der Waals surface area contributed by atoms with Crippen LogP contribution in [0.15, 0.2) is 20.1 Å². The summed E-state index contributed by atoms with van der Waals surface area (Å²) in [6.45, 7) is 2.11. The molecule has 1 atom stereocenters. The van der Waals surface area contributed by atoms with Gasteiger partial charge in [0.05, 0.1) is 15.5 Å². The first kappa shape index (κ1) is 20.8. The van der Waals surface area contributed by atoms with E-state index in [4.69, 9.17) is 0 Å². The Morgan fingerprint density at radius 2 is 2.08 bits per heavy atom. The minimum Gasteiger partial charge on any atom is -0.355 e. The maximum absolute atomic E-state index is 12.7. The van der Waals surface area contributed by atoms with Gasteiger partial charge in [0, 0.05) is 25.4 Å². The van der Waals surface area contributed by atoms with Crippen molar-refractivity contribution in [3.05, 3.63) is 15.9 Å². The van der Waals surface area contributed by atoms with Crippen LogP contribution in [0.1, 0.15) is 19.8 Å². The summed E-state index contributed by atoms with van der Waals surface area (Å²) in [6, 6.07) is 3.23. The molecule has 11 heteroatoms. The zero-order chi connectivity index (χ0) is 18.7. The molecule has 0 spiro atoms. The quantitative estimate of drug-likeness (QED) is 0.647. The molecule has 0 aliphatic carbocycles. The smallest absolute Gasteiger partial charge is 0.252 e. The molecule has 1 N–H and O–H groups in total. The van der Waals surface area contributed by atoms with Crippen LogP contribution in [-0.4, -0.2) is 58.2 Å². The van der Waals surface area contributed by atoms with Gasteiger partial charge in [0.2, 0.25) is 5.91 Å². The summed E-state index contributed by atoms with van der Waals surface area (Å²) < 4.78 is 50.5. The number of carbonyl (C=O) groups excluding carboxylic acids is 1. The molecule has 25 heavy (non-hydrogen) atoms. The second-order valence-electron chi connectivity index (χ2n) is 5.79. The number of piperidine rings is 1. The number of halogens is 1. The molecule has 0 bridgehead atoms. The zero-order valence-corrected chi connectivity index (χ0v) is 17.8. The van der Waals surface area contributed by atoms with E-state index in [1.807, 2.05) is 0 Å². The molecular formula is C14H21BrN2O5S3. The molecule has 7 nitrogen and oxygen atoms in total. The second-order valence-corrected chi connectivity index (χ2v) is 12.9. The van der Waals surface area contributed by atoms with Crippen LogP contribution in [0.2, 0.25) is 0 Å². The van der Waals surface area contributed by atoms with Crippen molar-refractivity contribution >= 4 is 53.0 Å². The lowest BCUT2D eigenvalue weighted by Gasteiger charge is -2.30. The van der Waals surface area contributed by atoms with Crippen molar-refractivity contribution in [1.82, 2.24) is 9.62 Å². The first-order valence-corrected chi connectivity index (χ1v) is 12.8. The number of sulfonamides is 1. The number of hydrogen-bond donors (Lipinski definition) is 1. The van der Waals surface area contributed by atoms with E-state index in [1.165, 1.54) is 4.31 Å². The van der Waals surface area contributed by atoms with Crippen molar-refractivity contribution in [3.63, 3.8) is 0 Å². The van der Waals surface area contributed by atoms with Crippen molar-refractivity contribution in [2.24, 2.45) is 5.92 Å². The summed E-state index contributed by atoms with van der Waals surface area (Å²) in [6.07, 6.45) is 1.18. The van der Waals surface area contributed by atoms with E-state index in [2.05, 4.69) is 21.2 Å². The fourth-order valence-corrected chi connectivity index (χ4v) is 6.95. The highest BCUT2D eigenvalue weighted by Crippen LogP contribution is 2.30. The molecule has 1 saturated heterocycles. The average Bonchev–Trinajstić information content (AvgIpc) is 3.02. The van der Waals surface area contributed by atoms with Gasteiger partial charge in [0.1, 0.15) is 4.21 Å². The molecule has 142 valence electrons. The largest absolute Gasteiger partial charge is 0.355 e. The molecule has 1 aliphatic rings. The van der Waals surface area contributed by atoms with Crippen molar-refractivity contribution in [1.29, 1.82) is 0 Å². The molecule has 0 radical (unpaired) electrons. The number of sulfone groups is 1. The summed E-state index contributed by atoms with van der Waals surface area (Å²) in [4.78, 5) is 12.3. The number of carbonyl (C=O) groups is 1. The highest BCUT2D eigenvalue weighted by Gasteiger charge is 2.34. The maximum Gasteiger partial charge on any atom is 0.252 e. The topological polar surface area (TPSA) is 101 Å². The second kappa shape index (κ2) is 8.47. The van der Waals surface area contributed by atoms with Crippen molar-refractivity contribution in [2.45, 2.75) is 24.0 Å². The zero-order valence-electron chi connectivity index (χ0n) is 13.8. The van der Waals surface area contributed by atoms with E-state index in [0.717, 1.165) is 15.1 Å². The lowest BCUT2D eigenvalue weighted by molar-refractivity contribution is -0.125. The number of amides is 1. The minimum absolute atomic E-state index is 0.0364. The molecule has 1 amide bonds. The Kier molecular flexibility index (Phi) is 7.05. The molecule has 1 unspecified atom stereocenters. The standard InChI is InChI=1S/C14H21BrN2O5S3/c1-2-24(19,20)9-7-16-14(18)11-4-3-8-17(10-11)25(21,22)13-6-5-12(15)23-13/h5-6,11H,2-4,7-10H2,1H3,(H,16,18). The lowest BCUT2D eigenvalue weighted by atomic mass is 9.99. The van der Waals surface area contributed by atoms with E-state index >= 15 is 0 Å². The Labute approximate surface area is 160 Å². The monoisotopic (exact) mass is 472 g/mol. The average molecular weight is 473 g/mol. The number of thiophene rings is 1. The van der Waals surface area contributed by atoms with Gasteiger partial charge in [-0.2, -0.15) is 4.31 Å². The van der Waals surface area contributed by atoms with Crippen LogP contribution in [-0.2, 0) is 24.7 Å². The Hall–Kier alpha value is -0.490. The first-order chi connectivity index (χ1) is 11.7. The number of nitrogens with zero attached hydrogens (tertiary/aromatic N) is 1. The summed E-state index contributed by atoms with van der Waals surface area (Å²) in [5.74, 6) is -0.822. The fraction of sp³-hybridized carbons (Fsp3) is 0.643. The van der Waals surface area contributed by atoms with Gasteiger partial charge in [-0.25, -0.2) is 16.8 Å². The van der Waals surface area contributed by atoms with Crippen LogP contribution >= 0.6 is 27.3 Å². The van der Waals surface area contributed by atoms with Crippen LogP contribution < -0.4 is 5.32 Å². The van der Waals surface area contributed by atoms with Crippen molar-refractivity contribution in [3.8, 4) is 0 Å². The van der Waals surface area contributed by atoms with Crippen molar-refractivity contribution in [2.75, 3.05) is 31.1 Å². The van der Waals surface area contributed by atoms with Crippen LogP contribution in [0, 0.1) is 5.92 Å². The predicted molar refractivity (Wildman–Crippen MR) is 101 cm³/mol. The van der Waals surface area contributed by atoms with Crippen LogP contribution in [0.25, 0.3) is 0 Å². The Bertz CT molecular complexity index is 819. The Morgan fingerprint density at radius 3 is 2.68 bits per heavy atom. The van der Waals surface area contributed by atoms with E-state index in [1.54, 1.807) is 19.1 Å². The van der Waals surface area contributed by atoms with Gasteiger partial charge in [-0.05, 0) is 40.9 Å². The summed E-state index contributed by atoms with van der Waals surface area (Å²) >= 11 is 4.39. The third-order valence-corrected chi connectivity index (χ3v) is 9.71. The summed E-state index contributed by atoms with van der Waals surface area (Å²) in [7, 11) is -6.75. The molecule has 0 aromatic carbocycles. The van der Waals surface area contributed by atoms with Crippen LogP contribution in [0.5, 0.6) is 0 Å². The van der Waals surface area contributed by atoms with Crippen LogP contribution in [0.3, 0.4) is 0 Å². The van der Waals surface area contributed by atoms with Crippen molar-refractivity contribution < 1.29 is 21.6 Å². The van der Waals surface area contributed by atoms with Crippen LogP contribution in [0.4, 0.5) is 0 Å². The van der Waals surface area contributed by atoms with Gasteiger partial charge in [0.15, 0.2) is 9.84 Å². The highest BCUT2D eigenvalue weighted by molar-refractivity contribution is 9.11. The third-order valence-electron chi connectivity index (χ3n) is 4.05.